The summed E-state index contributed by atoms with van der Waals surface area (Å²) in [6, 6.07) is 6.62. The van der Waals surface area contributed by atoms with Crippen LogP contribution in [0.2, 0.25) is 0 Å². The van der Waals surface area contributed by atoms with Crippen LogP contribution < -0.4 is 10.1 Å². The average Bonchev–Trinajstić information content (AvgIpc) is 3.27. The molecular weight excluding hydrogens is 410 g/mol. The van der Waals surface area contributed by atoms with E-state index >= 15 is 0 Å². The quantitative estimate of drug-likeness (QED) is 0.677. The monoisotopic (exact) mass is 419 g/mol. The van der Waals surface area contributed by atoms with Crippen LogP contribution in [0.15, 0.2) is 45.0 Å². The van der Waals surface area contributed by atoms with E-state index < -0.39 is 12.0 Å². The van der Waals surface area contributed by atoms with Gasteiger partial charge in [-0.15, -0.1) is 0 Å². The van der Waals surface area contributed by atoms with Crippen LogP contribution in [-0.2, 0) is 4.79 Å². The van der Waals surface area contributed by atoms with Crippen molar-refractivity contribution in [1.29, 1.82) is 0 Å². The van der Waals surface area contributed by atoms with Crippen LogP contribution in [0.4, 0.5) is 0 Å². The fourth-order valence-corrected chi connectivity index (χ4v) is 3.66. The number of carbonyl (C=O) groups is 1. The summed E-state index contributed by atoms with van der Waals surface area (Å²) in [5, 5.41) is 19.1. The molecule has 0 saturated carbocycles. The molecule has 1 aliphatic rings. The summed E-state index contributed by atoms with van der Waals surface area (Å²) in [5.74, 6) is -1.00. The SMILES string of the molecule is O=C(O)[C@@H]1CC(c2ccc(Br)cc2)=NN1/C=c1\sc2ncnn2c1=O. The second-order valence-corrected chi connectivity index (χ2v) is 7.27. The number of halogens is 1. The largest absolute Gasteiger partial charge is 0.480 e. The number of rotatable bonds is 3. The van der Waals surface area contributed by atoms with Gasteiger partial charge in [0.05, 0.1) is 5.71 Å². The van der Waals surface area contributed by atoms with Gasteiger partial charge >= 0.3 is 5.97 Å². The molecule has 0 amide bonds. The first-order valence-corrected chi connectivity index (χ1v) is 8.83. The predicted octanol–water partition coefficient (Wildman–Crippen LogP) is 0.934. The van der Waals surface area contributed by atoms with Gasteiger partial charge in [0.15, 0.2) is 6.04 Å². The minimum absolute atomic E-state index is 0.252. The molecule has 0 bridgehead atoms. The maximum absolute atomic E-state index is 12.3. The highest BCUT2D eigenvalue weighted by atomic mass is 79.9. The van der Waals surface area contributed by atoms with E-state index in [4.69, 9.17) is 0 Å². The zero-order valence-corrected chi connectivity index (χ0v) is 14.9. The third-order valence-electron chi connectivity index (χ3n) is 3.78. The van der Waals surface area contributed by atoms with Crippen molar-refractivity contribution >= 4 is 50.1 Å². The topological polar surface area (TPSA) is 100 Å². The number of thiazole rings is 1. The molecule has 2 aromatic heterocycles. The smallest absolute Gasteiger partial charge is 0.328 e. The van der Waals surface area contributed by atoms with Gasteiger partial charge in [-0.2, -0.15) is 14.7 Å². The van der Waals surface area contributed by atoms with Crippen LogP contribution >= 0.6 is 27.3 Å². The molecule has 3 aromatic rings. The average molecular weight is 420 g/mol. The van der Waals surface area contributed by atoms with Crippen LogP contribution in [-0.4, -0.2) is 42.4 Å². The molecule has 1 aliphatic heterocycles. The first-order valence-electron chi connectivity index (χ1n) is 7.22. The number of hydrazone groups is 1. The van der Waals surface area contributed by atoms with Gasteiger partial charge in [0.1, 0.15) is 10.9 Å². The fourth-order valence-electron chi connectivity index (χ4n) is 2.55. The Kier molecular flexibility index (Phi) is 3.85. The Labute approximate surface area is 152 Å². The molecule has 0 fully saturated rings. The molecular formula is C15H10BrN5O3S. The normalized spacial score (nSPS) is 18.1. The van der Waals surface area contributed by atoms with E-state index in [0.717, 1.165) is 21.4 Å². The number of benzene rings is 1. The number of aromatic nitrogens is 3. The molecule has 0 spiro atoms. The summed E-state index contributed by atoms with van der Waals surface area (Å²) in [6.07, 6.45) is 3.01. The van der Waals surface area contributed by atoms with Crippen LogP contribution in [0.5, 0.6) is 0 Å². The Morgan fingerprint density at radius 3 is 2.80 bits per heavy atom. The first kappa shape index (κ1) is 15.9. The highest BCUT2D eigenvalue weighted by Gasteiger charge is 2.32. The van der Waals surface area contributed by atoms with Crippen molar-refractivity contribution in [2.45, 2.75) is 12.5 Å². The standard InChI is InChI=1S/C15H10BrN5O3S/c16-9-3-1-8(2-4-9)10-5-11(14(23)24)20(19-10)6-12-13(22)21-15(25-12)17-7-18-21/h1-4,6-7,11H,5H2,(H,23,24)/b12-6-/t11-/m0/s1. The van der Waals surface area contributed by atoms with E-state index in [1.54, 1.807) is 0 Å². The van der Waals surface area contributed by atoms with Gasteiger partial charge in [0, 0.05) is 17.1 Å². The summed E-state index contributed by atoms with van der Waals surface area (Å²) >= 11 is 4.51. The van der Waals surface area contributed by atoms with Crippen molar-refractivity contribution in [2.75, 3.05) is 0 Å². The molecule has 4 rings (SSSR count). The van der Waals surface area contributed by atoms with Crippen molar-refractivity contribution in [3.63, 3.8) is 0 Å². The summed E-state index contributed by atoms with van der Waals surface area (Å²) < 4.78 is 2.45. The second-order valence-electron chi connectivity index (χ2n) is 5.35. The van der Waals surface area contributed by atoms with E-state index in [0.29, 0.717) is 15.2 Å². The van der Waals surface area contributed by atoms with Crippen LogP contribution in [0.3, 0.4) is 0 Å². The van der Waals surface area contributed by atoms with Gasteiger partial charge in [-0.25, -0.2) is 9.78 Å². The number of hydrogen-bond donors (Lipinski definition) is 1. The molecule has 0 unspecified atom stereocenters. The fraction of sp³-hybridized carbons (Fsp3) is 0.133. The van der Waals surface area contributed by atoms with E-state index in [2.05, 4.69) is 31.1 Å². The van der Waals surface area contributed by atoms with Gasteiger partial charge in [0.25, 0.3) is 5.56 Å². The summed E-state index contributed by atoms with van der Waals surface area (Å²) in [4.78, 5) is 28.3. The van der Waals surface area contributed by atoms with Crippen LogP contribution in [0.1, 0.15) is 12.0 Å². The number of carboxylic acid groups (broad SMARTS) is 1. The van der Waals surface area contributed by atoms with Crippen LogP contribution in [0.25, 0.3) is 11.2 Å². The van der Waals surface area contributed by atoms with Crippen LogP contribution in [0, 0.1) is 0 Å². The molecule has 1 atom stereocenters. The molecule has 0 saturated heterocycles. The van der Waals surface area contributed by atoms with Crippen molar-refractivity contribution in [3.05, 3.63) is 55.5 Å². The zero-order chi connectivity index (χ0) is 17.6. The van der Waals surface area contributed by atoms with E-state index in [1.165, 1.54) is 22.1 Å². The highest BCUT2D eigenvalue weighted by molar-refractivity contribution is 9.10. The number of carboxylic acids is 1. The number of aliphatic carboxylic acids is 1. The van der Waals surface area contributed by atoms with E-state index in [1.807, 2.05) is 24.3 Å². The lowest BCUT2D eigenvalue weighted by molar-refractivity contribution is -0.141. The number of nitrogens with zero attached hydrogens (tertiary/aromatic N) is 5. The van der Waals surface area contributed by atoms with Crippen molar-refractivity contribution in [2.24, 2.45) is 5.10 Å². The Bertz CT molecular complexity index is 1100. The lowest BCUT2D eigenvalue weighted by Gasteiger charge is -2.14. The lowest BCUT2D eigenvalue weighted by Crippen LogP contribution is -2.34. The Hall–Kier alpha value is -2.59. The Morgan fingerprint density at radius 2 is 2.12 bits per heavy atom. The molecule has 25 heavy (non-hydrogen) atoms. The summed E-state index contributed by atoms with van der Waals surface area (Å²) in [5.41, 5.74) is 1.16. The molecule has 1 aromatic carbocycles. The molecule has 8 nitrogen and oxygen atoms in total. The third-order valence-corrected chi connectivity index (χ3v) is 5.26. The van der Waals surface area contributed by atoms with Crippen molar-refractivity contribution in [3.8, 4) is 0 Å². The highest BCUT2D eigenvalue weighted by Crippen LogP contribution is 2.22. The van der Waals surface area contributed by atoms with Gasteiger partial charge in [-0.1, -0.05) is 39.4 Å². The molecule has 0 aliphatic carbocycles. The summed E-state index contributed by atoms with van der Waals surface area (Å²) in [7, 11) is 0. The summed E-state index contributed by atoms with van der Waals surface area (Å²) in [6.45, 7) is 0. The van der Waals surface area contributed by atoms with Gasteiger partial charge in [-0.05, 0) is 17.7 Å². The van der Waals surface area contributed by atoms with Crippen molar-refractivity contribution < 1.29 is 9.90 Å². The Morgan fingerprint density at radius 1 is 1.36 bits per heavy atom. The minimum Gasteiger partial charge on any atom is -0.480 e. The predicted molar refractivity (Wildman–Crippen MR) is 95.4 cm³/mol. The first-order chi connectivity index (χ1) is 12.0. The van der Waals surface area contributed by atoms with Crippen molar-refractivity contribution in [1.82, 2.24) is 19.6 Å². The molecule has 126 valence electrons. The lowest BCUT2D eigenvalue weighted by atomic mass is 10.0. The molecule has 1 N–H and O–H groups in total. The van der Waals surface area contributed by atoms with Gasteiger partial charge in [0.2, 0.25) is 4.96 Å². The van der Waals surface area contributed by atoms with E-state index in [9.17, 15) is 14.7 Å². The maximum Gasteiger partial charge on any atom is 0.328 e. The molecule has 10 heteroatoms. The number of fused-ring (bicyclic) bond motifs is 1. The molecule has 0 radical (unpaired) electrons. The minimum atomic E-state index is -1.00. The Balaban J connectivity index is 1.77. The third kappa shape index (κ3) is 2.83. The van der Waals surface area contributed by atoms with Gasteiger partial charge < -0.3 is 5.11 Å². The second kappa shape index (κ2) is 6.05. The zero-order valence-electron chi connectivity index (χ0n) is 12.5. The maximum atomic E-state index is 12.3. The van der Waals surface area contributed by atoms with Gasteiger partial charge in [-0.3, -0.25) is 9.80 Å². The number of hydrogen-bond acceptors (Lipinski definition) is 7. The molecule has 3 heterocycles. The van der Waals surface area contributed by atoms with E-state index in [-0.39, 0.29) is 12.0 Å².